The number of ether oxygens (including phenoxy) is 1. The predicted octanol–water partition coefficient (Wildman–Crippen LogP) is 5.55. The van der Waals surface area contributed by atoms with Crippen LogP contribution in [0.25, 0.3) is 11.1 Å². The summed E-state index contributed by atoms with van der Waals surface area (Å²) in [4.78, 5) is 0. The summed E-state index contributed by atoms with van der Waals surface area (Å²) in [6, 6.07) is 20.1. The van der Waals surface area contributed by atoms with Gasteiger partial charge >= 0.3 is 0 Å². The highest BCUT2D eigenvalue weighted by molar-refractivity contribution is 6.30. The second kappa shape index (κ2) is 7.21. The van der Waals surface area contributed by atoms with Crippen molar-refractivity contribution in [3.05, 3.63) is 88.7 Å². The molecule has 0 saturated heterocycles. The summed E-state index contributed by atoms with van der Waals surface area (Å²) < 4.78 is 18.9. The van der Waals surface area contributed by atoms with E-state index in [1.807, 2.05) is 48.5 Å². The lowest BCUT2D eigenvalue weighted by Crippen LogP contribution is -1.84. The van der Waals surface area contributed by atoms with Gasteiger partial charge in [-0.15, -0.1) is 0 Å². The zero-order valence-electron chi connectivity index (χ0n) is 13.0. The summed E-state index contributed by atoms with van der Waals surface area (Å²) >= 11 is 5.73. The van der Waals surface area contributed by atoms with Crippen molar-refractivity contribution < 1.29 is 9.13 Å². The molecule has 0 unspecified atom stereocenters. The molecule has 0 spiro atoms. The molecule has 0 aliphatic heterocycles. The fourth-order valence-electron chi connectivity index (χ4n) is 2.26. The molecule has 1 nitrogen and oxygen atoms in total. The summed E-state index contributed by atoms with van der Waals surface area (Å²) in [6.07, 6.45) is 0. The van der Waals surface area contributed by atoms with E-state index < -0.39 is 5.82 Å². The molecule has 3 rings (SSSR count). The van der Waals surface area contributed by atoms with Crippen LogP contribution in [0.2, 0.25) is 5.02 Å². The molecule has 0 saturated carbocycles. The first-order valence-electron chi connectivity index (χ1n) is 7.37. The molecular formula is C21H14ClFO. The molecule has 0 heterocycles. The van der Waals surface area contributed by atoms with Crippen LogP contribution in [0.3, 0.4) is 0 Å². The molecule has 24 heavy (non-hydrogen) atoms. The first-order valence-corrected chi connectivity index (χ1v) is 7.75. The Morgan fingerprint density at radius 1 is 0.833 bits per heavy atom. The van der Waals surface area contributed by atoms with Crippen LogP contribution in [0.4, 0.5) is 4.39 Å². The SMILES string of the molecule is COc1ccc(-c2ccc(C#Cc3ccc(Cl)cc3F)cc2)cc1. The lowest BCUT2D eigenvalue weighted by Gasteiger charge is -2.04. The number of hydrogen-bond acceptors (Lipinski definition) is 1. The third-order valence-electron chi connectivity index (χ3n) is 3.58. The minimum Gasteiger partial charge on any atom is -0.497 e. The molecule has 118 valence electrons. The second-order valence-corrected chi connectivity index (χ2v) is 5.62. The monoisotopic (exact) mass is 336 g/mol. The summed E-state index contributed by atoms with van der Waals surface area (Å²) in [6.45, 7) is 0. The van der Waals surface area contributed by atoms with Gasteiger partial charge in [-0.05, 0) is 53.6 Å². The maximum Gasteiger partial charge on any atom is 0.140 e. The summed E-state index contributed by atoms with van der Waals surface area (Å²) in [5.41, 5.74) is 3.33. The van der Waals surface area contributed by atoms with Gasteiger partial charge in [0.15, 0.2) is 0 Å². The maximum atomic E-state index is 13.7. The van der Waals surface area contributed by atoms with Gasteiger partial charge in [0, 0.05) is 10.6 Å². The Morgan fingerprint density at radius 3 is 2.04 bits per heavy atom. The van der Waals surface area contributed by atoms with Crippen molar-refractivity contribution in [1.29, 1.82) is 0 Å². The Bertz CT molecular complexity index is 903. The van der Waals surface area contributed by atoms with E-state index in [2.05, 4.69) is 11.8 Å². The fourth-order valence-corrected chi connectivity index (χ4v) is 2.42. The molecule has 0 aliphatic rings. The Morgan fingerprint density at radius 2 is 1.46 bits per heavy atom. The van der Waals surface area contributed by atoms with Crippen LogP contribution in [0.5, 0.6) is 5.75 Å². The van der Waals surface area contributed by atoms with E-state index in [0.29, 0.717) is 10.6 Å². The van der Waals surface area contributed by atoms with Crippen molar-refractivity contribution in [3.63, 3.8) is 0 Å². The molecule has 0 aliphatic carbocycles. The molecule has 0 aromatic heterocycles. The highest BCUT2D eigenvalue weighted by Crippen LogP contribution is 2.22. The normalized spacial score (nSPS) is 9.96. The van der Waals surface area contributed by atoms with E-state index in [1.165, 1.54) is 6.07 Å². The van der Waals surface area contributed by atoms with Crippen LogP contribution in [0.15, 0.2) is 66.7 Å². The molecule has 3 heteroatoms. The first-order chi connectivity index (χ1) is 11.7. The number of rotatable bonds is 2. The Hall–Kier alpha value is -2.76. The topological polar surface area (TPSA) is 9.23 Å². The average molecular weight is 337 g/mol. The quantitative estimate of drug-likeness (QED) is 0.557. The molecular weight excluding hydrogens is 323 g/mol. The molecule has 0 amide bonds. The van der Waals surface area contributed by atoms with Crippen LogP contribution < -0.4 is 4.74 Å². The molecule has 0 fully saturated rings. The highest BCUT2D eigenvalue weighted by atomic mass is 35.5. The van der Waals surface area contributed by atoms with Crippen molar-refractivity contribution in [2.45, 2.75) is 0 Å². The largest absolute Gasteiger partial charge is 0.497 e. The zero-order valence-corrected chi connectivity index (χ0v) is 13.8. The summed E-state index contributed by atoms with van der Waals surface area (Å²) in [7, 11) is 1.64. The van der Waals surface area contributed by atoms with E-state index in [4.69, 9.17) is 16.3 Å². The van der Waals surface area contributed by atoms with Crippen LogP contribution in [-0.2, 0) is 0 Å². The molecule has 3 aromatic rings. The average Bonchev–Trinajstić information content (AvgIpc) is 2.62. The van der Waals surface area contributed by atoms with Gasteiger partial charge in [-0.1, -0.05) is 47.7 Å². The van der Waals surface area contributed by atoms with E-state index >= 15 is 0 Å². The van der Waals surface area contributed by atoms with Crippen molar-refractivity contribution in [3.8, 4) is 28.7 Å². The Kier molecular flexibility index (Phi) is 4.84. The summed E-state index contributed by atoms with van der Waals surface area (Å²) in [5, 5.41) is 0.363. The van der Waals surface area contributed by atoms with Crippen molar-refractivity contribution in [1.82, 2.24) is 0 Å². The van der Waals surface area contributed by atoms with E-state index in [-0.39, 0.29) is 0 Å². The molecule has 3 aromatic carbocycles. The predicted molar refractivity (Wildman–Crippen MR) is 95.8 cm³/mol. The van der Waals surface area contributed by atoms with Crippen molar-refractivity contribution in [2.75, 3.05) is 7.11 Å². The smallest absolute Gasteiger partial charge is 0.140 e. The van der Waals surface area contributed by atoms with Crippen LogP contribution in [0.1, 0.15) is 11.1 Å². The second-order valence-electron chi connectivity index (χ2n) is 5.18. The lowest BCUT2D eigenvalue weighted by atomic mass is 10.0. The van der Waals surface area contributed by atoms with Gasteiger partial charge in [-0.25, -0.2) is 4.39 Å². The molecule has 0 atom stereocenters. The number of hydrogen-bond donors (Lipinski definition) is 0. The van der Waals surface area contributed by atoms with Crippen LogP contribution >= 0.6 is 11.6 Å². The van der Waals surface area contributed by atoms with Gasteiger partial charge in [0.05, 0.1) is 12.7 Å². The van der Waals surface area contributed by atoms with Crippen molar-refractivity contribution in [2.24, 2.45) is 0 Å². The van der Waals surface area contributed by atoms with Gasteiger partial charge in [-0.2, -0.15) is 0 Å². The zero-order chi connectivity index (χ0) is 16.9. The third kappa shape index (κ3) is 3.76. The van der Waals surface area contributed by atoms with Gasteiger partial charge in [0.1, 0.15) is 11.6 Å². The van der Waals surface area contributed by atoms with Gasteiger partial charge < -0.3 is 4.74 Å². The van der Waals surface area contributed by atoms with Gasteiger partial charge in [0.25, 0.3) is 0 Å². The summed E-state index contributed by atoms with van der Waals surface area (Å²) in [5.74, 6) is 6.21. The Labute approximate surface area is 145 Å². The minimum atomic E-state index is -0.412. The first kappa shape index (κ1) is 16.1. The molecule has 0 N–H and O–H groups in total. The van der Waals surface area contributed by atoms with Crippen LogP contribution in [-0.4, -0.2) is 7.11 Å². The molecule has 0 radical (unpaired) electrons. The number of benzene rings is 3. The van der Waals surface area contributed by atoms with Gasteiger partial charge in [0.2, 0.25) is 0 Å². The number of methoxy groups -OCH3 is 1. The van der Waals surface area contributed by atoms with E-state index in [9.17, 15) is 4.39 Å². The fraction of sp³-hybridized carbons (Fsp3) is 0.0476. The standard InChI is InChI=1S/C21H14ClFO/c1-24-20-12-9-17(10-13-20)16-5-2-15(3-6-16)4-7-18-8-11-19(22)14-21(18)23/h2-3,5-6,8-14H,1H3. The lowest BCUT2D eigenvalue weighted by molar-refractivity contribution is 0.415. The molecule has 0 bridgehead atoms. The van der Waals surface area contributed by atoms with Gasteiger partial charge in [-0.3, -0.25) is 0 Å². The minimum absolute atomic E-state index is 0.332. The third-order valence-corrected chi connectivity index (χ3v) is 3.82. The number of halogens is 2. The Balaban J connectivity index is 1.81. The van der Waals surface area contributed by atoms with E-state index in [0.717, 1.165) is 22.4 Å². The van der Waals surface area contributed by atoms with E-state index in [1.54, 1.807) is 19.2 Å². The van der Waals surface area contributed by atoms with Crippen molar-refractivity contribution >= 4 is 11.6 Å². The van der Waals surface area contributed by atoms with Crippen LogP contribution in [0, 0.1) is 17.7 Å². The highest BCUT2D eigenvalue weighted by Gasteiger charge is 2.00. The maximum absolute atomic E-state index is 13.7.